The third-order valence-corrected chi connectivity index (χ3v) is 2.65. The van der Waals surface area contributed by atoms with Crippen LogP contribution in [0.15, 0.2) is 24.5 Å². The lowest BCUT2D eigenvalue weighted by Gasteiger charge is -2.12. The summed E-state index contributed by atoms with van der Waals surface area (Å²) in [6.45, 7) is 8.11. The van der Waals surface area contributed by atoms with Crippen molar-refractivity contribution in [1.29, 1.82) is 0 Å². The first-order chi connectivity index (χ1) is 8.33. The van der Waals surface area contributed by atoms with Gasteiger partial charge in [0, 0.05) is 19.0 Å². The number of nitrogens with one attached hydrogen (secondary N) is 1. The SMILES string of the molecule is CCNCC(C)COCCCc1ccncc1. The molecule has 0 aromatic carbocycles. The minimum Gasteiger partial charge on any atom is -0.381 e. The van der Waals surface area contributed by atoms with Crippen LogP contribution in [0.2, 0.25) is 0 Å². The number of nitrogens with zero attached hydrogens (tertiary/aromatic N) is 1. The Kier molecular flexibility index (Phi) is 7.60. The van der Waals surface area contributed by atoms with E-state index in [9.17, 15) is 0 Å². The summed E-state index contributed by atoms with van der Waals surface area (Å²) in [5.41, 5.74) is 1.34. The molecule has 1 aromatic heterocycles. The lowest BCUT2D eigenvalue weighted by Crippen LogP contribution is -2.23. The van der Waals surface area contributed by atoms with Gasteiger partial charge in [0.05, 0.1) is 6.61 Å². The number of ether oxygens (including phenoxy) is 1. The second-order valence-corrected chi connectivity index (χ2v) is 4.45. The maximum atomic E-state index is 5.66. The summed E-state index contributed by atoms with van der Waals surface area (Å²) >= 11 is 0. The molecule has 1 unspecified atom stereocenters. The molecule has 0 saturated carbocycles. The van der Waals surface area contributed by atoms with Gasteiger partial charge in [-0.15, -0.1) is 0 Å². The van der Waals surface area contributed by atoms with E-state index in [1.165, 1.54) is 5.56 Å². The van der Waals surface area contributed by atoms with Gasteiger partial charge in [0.15, 0.2) is 0 Å². The van der Waals surface area contributed by atoms with E-state index in [1.807, 2.05) is 12.4 Å². The van der Waals surface area contributed by atoms with Crippen molar-refractivity contribution >= 4 is 0 Å². The average Bonchev–Trinajstić information content (AvgIpc) is 2.37. The number of hydrogen-bond donors (Lipinski definition) is 1. The molecular formula is C14H24N2O. The zero-order chi connectivity index (χ0) is 12.3. The monoisotopic (exact) mass is 236 g/mol. The average molecular weight is 236 g/mol. The first kappa shape index (κ1) is 14.1. The predicted molar refractivity (Wildman–Crippen MR) is 71.1 cm³/mol. The normalized spacial score (nSPS) is 12.6. The Morgan fingerprint density at radius 2 is 2.12 bits per heavy atom. The Balaban J connectivity index is 1.97. The fourth-order valence-corrected chi connectivity index (χ4v) is 1.66. The highest BCUT2D eigenvalue weighted by atomic mass is 16.5. The van der Waals surface area contributed by atoms with Crippen LogP contribution < -0.4 is 5.32 Å². The molecule has 0 bridgehead atoms. The van der Waals surface area contributed by atoms with E-state index in [4.69, 9.17) is 4.74 Å². The van der Waals surface area contributed by atoms with E-state index in [0.717, 1.165) is 39.1 Å². The summed E-state index contributed by atoms with van der Waals surface area (Å²) in [5, 5.41) is 3.33. The van der Waals surface area contributed by atoms with Crippen LogP contribution in [-0.4, -0.2) is 31.3 Å². The van der Waals surface area contributed by atoms with E-state index < -0.39 is 0 Å². The fraction of sp³-hybridized carbons (Fsp3) is 0.643. The van der Waals surface area contributed by atoms with Gasteiger partial charge in [0.1, 0.15) is 0 Å². The first-order valence-corrected chi connectivity index (χ1v) is 6.50. The lowest BCUT2D eigenvalue weighted by atomic mass is 10.1. The summed E-state index contributed by atoms with van der Waals surface area (Å²) in [6.07, 6.45) is 5.84. The van der Waals surface area contributed by atoms with Crippen molar-refractivity contribution in [3.63, 3.8) is 0 Å². The van der Waals surface area contributed by atoms with Gasteiger partial charge in [-0.05, 0) is 49.5 Å². The van der Waals surface area contributed by atoms with Crippen LogP contribution in [-0.2, 0) is 11.2 Å². The van der Waals surface area contributed by atoms with Crippen molar-refractivity contribution in [2.45, 2.75) is 26.7 Å². The maximum absolute atomic E-state index is 5.66. The molecule has 1 N–H and O–H groups in total. The van der Waals surface area contributed by atoms with E-state index >= 15 is 0 Å². The Hall–Kier alpha value is -0.930. The predicted octanol–water partition coefficient (Wildman–Crippen LogP) is 2.28. The van der Waals surface area contributed by atoms with Crippen molar-refractivity contribution in [3.8, 4) is 0 Å². The highest BCUT2D eigenvalue weighted by molar-refractivity contribution is 5.09. The van der Waals surface area contributed by atoms with E-state index in [0.29, 0.717) is 5.92 Å². The van der Waals surface area contributed by atoms with Gasteiger partial charge in [-0.25, -0.2) is 0 Å². The number of aromatic nitrogens is 1. The molecule has 17 heavy (non-hydrogen) atoms. The number of aryl methyl sites for hydroxylation is 1. The van der Waals surface area contributed by atoms with Gasteiger partial charge >= 0.3 is 0 Å². The molecule has 0 amide bonds. The van der Waals surface area contributed by atoms with Crippen molar-refractivity contribution < 1.29 is 4.74 Å². The number of rotatable bonds is 9. The van der Waals surface area contributed by atoms with Gasteiger partial charge in [-0.1, -0.05) is 13.8 Å². The quantitative estimate of drug-likeness (QED) is 0.668. The summed E-state index contributed by atoms with van der Waals surface area (Å²) in [6, 6.07) is 4.13. The van der Waals surface area contributed by atoms with Crippen LogP contribution in [0, 0.1) is 5.92 Å². The van der Waals surface area contributed by atoms with Crippen LogP contribution in [0.1, 0.15) is 25.8 Å². The van der Waals surface area contributed by atoms with Gasteiger partial charge in [-0.3, -0.25) is 4.98 Å². The second-order valence-electron chi connectivity index (χ2n) is 4.45. The highest BCUT2D eigenvalue weighted by Gasteiger charge is 2.00. The van der Waals surface area contributed by atoms with Crippen LogP contribution in [0.3, 0.4) is 0 Å². The highest BCUT2D eigenvalue weighted by Crippen LogP contribution is 2.02. The molecule has 0 radical (unpaired) electrons. The van der Waals surface area contributed by atoms with Crippen molar-refractivity contribution in [1.82, 2.24) is 10.3 Å². The molecule has 1 heterocycles. The smallest absolute Gasteiger partial charge is 0.0503 e. The lowest BCUT2D eigenvalue weighted by molar-refractivity contribution is 0.103. The fourth-order valence-electron chi connectivity index (χ4n) is 1.66. The molecule has 0 fully saturated rings. The van der Waals surface area contributed by atoms with Crippen molar-refractivity contribution in [2.24, 2.45) is 5.92 Å². The Labute approximate surface area is 105 Å². The van der Waals surface area contributed by atoms with E-state index in [1.54, 1.807) is 0 Å². The Morgan fingerprint density at radius 1 is 1.35 bits per heavy atom. The van der Waals surface area contributed by atoms with Gasteiger partial charge in [0.25, 0.3) is 0 Å². The summed E-state index contributed by atoms with van der Waals surface area (Å²) in [5.74, 6) is 0.593. The second kappa shape index (κ2) is 9.14. The van der Waals surface area contributed by atoms with Crippen LogP contribution in [0.25, 0.3) is 0 Å². The molecule has 0 aliphatic carbocycles. The molecule has 1 aromatic rings. The third kappa shape index (κ3) is 7.08. The number of pyridine rings is 1. The van der Waals surface area contributed by atoms with Crippen molar-refractivity contribution in [2.75, 3.05) is 26.3 Å². The molecule has 0 aliphatic rings. The summed E-state index contributed by atoms with van der Waals surface area (Å²) in [7, 11) is 0. The molecule has 3 heteroatoms. The minimum absolute atomic E-state index is 0.593. The third-order valence-electron chi connectivity index (χ3n) is 2.65. The zero-order valence-corrected chi connectivity index (χ0v) is 11.0. The van der Waals surface area contributed by atoms with Crippen LogP contribution >= 0.6 is 0 Å². The topological polar surface area (TPSA) is 34.1 Å². The maximum Gasteiger partial charge on any atom is 0.0503 e. The molecular weight excluding hydrogens is 212 g/mol. The first-order valence-electron chi connectivity index (χ1n) is 6.50. The minimum atomic E-state index is 0.593. The summed E-state index contributed by atoms with van der Waals surface area (Å²) in [4.78, 5) is 4.00. The molecule has 1 atom stereocenters. The zero-order valence-electron chi connectivity index (χ0n) is 11.0. The number of hydrogen-bond acceptors (Lipinski definition) is 3. The molecule has 96 valence electrons. The largest absolute Gasteiger partial charge is 0.381 e. The van der Waals surface area contributed by atoms with Crippen molar-refractivity contribution in [3.05, 3.63) is 30.1 Å². The van der Waals surface area contributed by atoms with Gasteiger partial charge < -0.3 is 10.1 Å². The van der Waals surface area contributed by atoms with Gasteiger partial charge in [0.2, 0.25) is 0 Å². The molecule has 3 nitrogen and oxygen atoms in total. The molecule has 0 saturated heterocycles. The molecule has 1 rings (SSSR count). The Bertz CT molecular complexity index is 277. The van der Waals surface area contributed by atoms with Crippen LogP contribution in [0.5, 0.6) is 0 Å². The summed E-state index contributed by atoms with van der Waals surface area (Å²) < 4.78 is 5.66. The Morgan fingerprint density at radius 3 is 2.82 bits per heavy atom. The van der Waals surface area contributed by atoms with E-state index in [2.05, 4.69) is 36.3 Å². The molecule has 0 aliphatic heterocycles. The van der Waals surface area contributed by atoms with Gasteiger partial charge in [-0.2, -0.15) is 0 Å². The molecule has 0 spiro atoms. The van der Waals surface area contributed by atoms with E-state index in [-0.39, 0.29) is 0 Å². The van der Waals surface area contributed by atoms with Crippen LogP contribution in [0.4, 0.5) is 0 Å². The standard InChI is InChI=1S/C14H24N2O/c1-3-15-11-13(2)12-17-10-4-5-14-6-8-16-9-7-14/h6-9,13,15H,3-5,10-12H2,1-2H3.